The summed E-state index contributed by atoms with van der Waals surface area (Å²) in [6.07, 6.45) is 10.2. The van der Waals surface area contributed by atoms with E-state index in [1.54, 1.807) is 11.0 Å². The molecule has 1 amide bonds. The number of aliphatic hydroxyl groups is 1. The van der Waals surface area contributed by atoms with Crippen LogP contribution < -0.4 is 0 Å². The molecule has 2 rings (SSSR count). The number of amides is 1. The van der Waals surface area contributed by atoms with Crippen molar-refractivity contribution in [3.63, 3.8) is 0 Å². The van der Waals surface area contributed by atoms with Crippen LogP contribution in [-0.4, -0.2) is 45.7 Å². The number of carboxylic acids is 1. The first kappa shape index (κ1) is 23.4. The fourth-order valence-electron chi connectivity index (χ4n) is 3.26. The van der Waals surface area contributed by atoms with Crippen LogP contribution in [0.1, 0.15) is 51.0 Å². The van der Waals surface area contributed by atoms with E-state index in [0.29, 0.717) is 32.2 Å². The Morgan fingerprint density at radius 2 is 2.07 bits per heavy atom. The predicted molar refractivity (Wildman–Crippen MR) is 118 cm³/mol. The maximum absolute atomic E-state index is 12.1. The van der Waals surface area contributed by atoms with Crippen LogP contribution in [0.3, 0.4) is 0 Å². The molecule has 1 aromatic carbocycles. The molecule has 2 N–H and O–H groups in total. The summed E-state index contributed by atoms with van der Waals surface area (Å²) in [6.45, 7) is 2.47. The Balaban J connectivity index is 1.80. The molecule has 5 heteroatoms. The number of aliphatic hydroxyl groups excluding tert-OH is 1. The molecular formula is C25H31NO4. The lowest BCUT2D eigenvalue weighted by Crippen LogP contribution is -2.32. The first-order valence-corrected chi connectivity index (χ1v) is 10.5. The number of carbonyl (C=O) groups is 2. The van der Waals surface area contributed by atoms with E-state index >= 15 is 0 Å². The number of hydrogen-bond acceptors (Lipinski definition) is 3. The second-order valence-corrected chi connectivity index (χ2v) is 7.63. The minimum absolute atomic E-state index is 0.00264. The minimum Gasteiger partial charge on any atom is -0.481 e. The zero-order valence-electron chi connectivity index (χ0n) is 17.5. The van der Waals surface area contributed by atoms with Crippen molar-refractivity contribution in [3.8, 4) is 11.8 Å². The zero-order valence-corrected chi connectivity index (χ0v) is 17.5. The van der Waals surface area contributed by atoms with E-state index in [2.05, 4.69) is 11.8 Å². The van der Waals surface area contributed by atoms with E-state index < -0.39 is 12.1 Å². The Morgan fingerprint density at radius 1 is 1.30 bits per heavy atom. The van der Waals surface area contributed by atoms with Crippen molar-refractivity contribution in [1.82, 2.24) is 4.90 Å². The highest BCUT2D eigenvalue weighted by Crippen LogP contribution is 2.21. The third kappa shape index (κ3) is 8.26. The molecule has 0 spiro atoms. The maximum Gasteiger partial charge on any atom is 0.303 e. The number of aliphatic carboxylic acids is 1. The van der Waals surface area contributed by atoms with Crippen LogP contribution in [0.25, 0.3) is 0 Å². The maximum atomic E-state index is 12.1. The number of allylic oxidation sites excluding steroid dienone is 1. The third-order valence-corrected chi connectivity index (χ3v) is 5.15. The summed E-state index contributed by atoms with van der Waals surface area (Å²) in [7, 11) is 0. The summed E-state index contributed by atoms with van der Waals surface area (Å²) in [5, 5.41) is 19.1. The van der Waals surface area contributed by atoms with Crippen LogP contribution in [0, 0.1) is 17.8 Å². The first-order chi connectivity index (χ1) is 14.5. The average molecular weight is 410 g/mol. The average Bonchev–Trinajstić information content (AvgIpc) is 3.08. The number of likely N-dealkylation sites (tertiary alicyclic amines) is 1. The lowest BCUT2D eigenvalue weighted by atomic mass is 9.99. The third-order valence-electron chi connectivity index (χ3n) is 5.15. The van der Waals surface area contributed by atoms with Gasteiger partial charge in [0.1, 0.15) is 0 Å². The molecule has 1 aliphatic rings. The van der Waals surface area contributed by atoms with E-state index in [0.717, 1.165) is 12.0 Å². The molecule has 5 nitrogen and oxygen atoms in total. The van der Waals surface area contributed by atoms with Gasteiger partial charge in [-0.2, -0.15) is 0 Å². The van der Waals surface area contributed by atoms with Gasteiger partial charge in [-0.25, -0.2) is 0 Å². The fourth-order valence-corrected chi connectivity index (χ4v) is 3.26. The number of benzene rings is 1. The number of unbranched alkanes of at least 4 members (excludes halogenated alkanes) is 1. The Labute approximate surface area is 179 Å². The molecule has 30 heavy (non-hydrogen) atoms. The van der Waals surface area contributed by atoms with Crippen LogP contribution in [-0.2, 0) is 9.59 Å². The topological polar surface area (TPSA) is 77.8 Å². The summed E-state index contributed by atoms with van der Waals surface area (Å²) >= 11 is 0. The van der Waals surface area contributed by atoms with Crippen molar-refractivity contribution in [2.24, 2.45) is 5.92 Å². The van der Waals surface area contributed by atoms with Gasteiger partial charge in [-0.1, -0.05) is 61.3 Å². The van der Waals surface area contributed by atoms with Crippen molar-refractivity contribution >= 4 is 11.9 Å². The molecule has 0 bridgehead atoms. The number of rotatable bonds is 10. The van der Waals surface area contributed by atoms with Crippen LogP contribution in [0.4, 0.5) is 0 Å². The Bertz CT molecular complexity index is 803. The van der Waals surface area contributed by atoms with Gasteiger partial charge >= 0.3 is 5.97 Å². The molecule has 3 atom stereocenters. The largest absolute Gasteiger partial charge is 0.481 e. The number of hydrogen-bond donors (Lipinski definition) is 2. The van der Waals surface area contributed by atoms with Crippen LogP contribution in [0.15, 0.2) is 54.6 Å². The number of carboxylic acid groups (broad SMARTS) is 1. The molecule has 160 valence electrons. The molecule has 0 aliphatic carbocycles. The van der Waals surface area contributed by atoms with Gasteiger partial charge in [0.15, 0.2) is 0 Å². The van der Waals surface area contributed by atoms with Crippen LogP contribution in [0.2, 0.25) is 0 Å². The van der Waals surface area contributed by atoms with Gasteiger partial charge in [0.2, 0.25) is 5.91 Å². The van der Waals surface area contributed by atoms with Crippen molar-refractivity contribution in [2.45, 2.75) is 57.6 Å². The SMILES string of the molecule is C[C@@H](CC#Cc1ccccc1)[C@H](O)C=CC1CCC(=O)N1CC=CCCCC(=O)O. The van der Waals surface area contributed by atoms with E-state index in [1.807, 2.05) is 55.5 Å². The normalized spacial score (nSPS) is 18.5. The summed E-state index contributed by atoms with van der Waals surface area (Å²) in [5.74, 6) is 5.54. The zero-order chi connectivity index (χ0) is 21.8. The molecule has 0 aromatic heterocycles. The highest BCUT2D eigenvalue weighted by molar-refractivity contribution is 5.79. The summed E-state index contributed by atoms with van der Waals surface area (Å²) in [5.41, 5.74) is 0.964. The molecule has 1 saturated heterocycles. The predicted octanol–water partition coefficient (Wildman–Crippen LogP) is 3.78. The monoisotopic (exact) mass is 409 g/mol. The Kier molecular flexibility index (Phi) is 9.90. The highest BCUT2D eigenvalue weighted by Gasteiger charge is 2.28. The highest BCUT2D eigenvalue weighted by atomic mass is 16.4. The molecule has 1 unspecified atom stereocenters. The Hall–Kier alpha value is -2.84. The lowest BCUT2D eigenvalue weighted by molar-refractivity contribution is -0.137. The summed E-state index contributed by atoms with van der Waals surface area (Å²) < 4.78 is 0. The van der Waals surface area contributed by atoms with Gasteiger partial charge < -0.3 is 15.1 Å². The van der Waals surface area contributed by atoms with Gasteiger partial charge in [-0.3, -0.25) is 9.59 Å². The summed E-state index contributed by atoms with van der Waals surface area (Å²) in [6, 6.07) is 9.75. The minimum atomic E-state index is -0.790. The van der Waals surface area contributed by atoms with Crippen LogP contribution in [0.5, 0.6) is 0 Å². The quantitative estimate of drug-likeness (QED) is 0.350. The summed E-state index contributed by atoms with van der Waals surface area (Å²) in [4.78, 5) is 24.5. The van der Waals surface area contributed by atoms with E-state index in [1.165, 1.54) is 0 Å². The molecular weight excluding hydrogens is 378 g/mol. The van der Waals surface area contributed by atoms with Gasteiger partial charge in [0.05, 0.1) is 12.1 Å². The van der Waals surface area contributed by atoms with Gasteiger partial charge in [-0.05, 0) is 37.3 Å². The molecule has 1 aliphatic heterocycles. The van der Waals surface area contributed by atoms with Crippen molar-refractivity contribution in [2.75, 3.05) is 6.54 Å². The van der Waals surface area contributed by atoms with Crippen LogP contribution >= 0.6 is 0 Å². The lowest BCUT2D eigenvalue weighted by Gasteiger charge is -2.21. The van der Waals surface area contributed by atoms with Gasteiger partial charge in [0, 0.05) is 31.4 Å². The standard InChI is InChI=1S/C25H31NO4/c1-20(10-9-13-21-11-5-4-6-12-21)23(27)17-15-22-16-18-24(28)26(22)19-8-3-2-7-14-25(29)30/h3-6,8,11-12,15,17,20,22-23,27H,2,7,10,14,16,18-19H2,1H3,(H,29,30)/t20-,22?,23+/m0/s1. The second-order valence-electron chi connectivity index (χ2n) is 7.63. The molecule has 1 fully saturated rings. The van der Waals surface area contributed by atoms with E-state index in [9.17, 15) is 14.7 Å². The molecule has 0 saturated carbocycles. The first-order valence-electron chi connectivity index (χ1n) is 10.5. The van der Waals surface area contributed by atoms with Crippen molar-refractivity contribution in [3.05, 3.63) is 60.2 Å². The van der Waals surface area contributed by atoms with E-state index in [4.69, 9.17) is 5.11 Å². The second kappa shape index (κ2) is 12.7. The molecule has 1 aromatic rings. The van der Waals surface area contributed by atoms with Crippen molar-refractivity contribution in [1.29, 1.82) is 0 Å². The smallest absolute Gasteiger partial charge is 0.303 e. The van der Waals surface area contributed by atoms with Crippen molar-refractivity contribution < 1.29 is 19.8 Å². The number of carbonyl (C=O) groups excluding carboxylic acids is 1. The van der Waals surface area contributed by atoms with Gasteiger partial charge in [0.25, 0.3) is 0 Å². The van der Waals surface area contributed by atoms with E-state index in [-0.39, 0.29) is 24.3 Å². The van der Waals surface area contributed by atoms with Gasteiger partial charge in [-0.15, -0.1) is 0 Å². The Morgan fingerprint density at radius 3 is 2.80 bits per heavy atom. The number of nitrogens with zero attached hydrogens (tertiary/aromatic N) is 1. The molecule has 0 radical (unpaired) electrons. The fraction of sp³-hybridized carbons (Fsp3) is 0.440. The molecule has 1 heterocycles.